The molecule has 1 fully saturated rings. The third kappa shape index (κ3) is 5.72. The van der Waals surface area contributed by atoms with Crippen LogP contribution in [0.25, 0.3) is 0 Å². The number of hydrogen-bond donors (Lipinski definition) is 2. The molecule has 0 saturated carbocycles. The summed E-state index contributed by atoms with van der Waals surface area (Å²) in [6, 6.07) is 8.33. The highest BCUT2D eigenvalue weighted by Gasteiger charge is 2.26. The molecule has 2 heterocycles. The molecule has 0 bridgehead atoms. The van der Waals surface area contributed by atoms with Crippen LogP contribution < -0.4 is 19.3 Å². The van der Waals surface area contributed by atoms with Crippen molar-refractivity contribution in [2.75, 3.05) is 54.0 Å². The quantitative estimate of drug-likeness (QED) is 0.634. The molecular formula is C22H33N3O3S+2. The second kappa shape index (κ2) is 10.1. The van der Waals surface area contributed by atoms with Crippen LogP contribution in [0.1, 0.15) is 16.0 Å². The maximum Gasteiger partial charge on any atom is 0.278 e. The summed E-state index contributed by atoms with van der Waals surface area (Å²) in [5.74, 6) is 1.72. The first-order chi connectivity index (χ1) is 14.0. The van der Waals surface area contributed by atoms with Crippen LogP contribution in [0.15, 0.2) is 29.6 Å². The Bertz CT molecular complexity index is 802. The highest BCUT2D eigenvalue weighted by Crippen LogP contribution is 2.29. The summed E-state index contributed by atoms with van der Waals surface area (Å²) in [5, 5.41) is 2.13. The van der Waals surface area contributed by atoms with Gasteiger partial charge in [-0.3, -0.25) is 4.79 Å². The number of ether oxygens (including phenoxy) is 2. The van der Waals surface area contributed by atoms with Gasteiger partial charge in [-0.2, -0.15) is 0 Å². The first-order valence-electron chi connectivity index (χ1n) is 10.2. The van der Waals surface area contributed by atoms with Crippen molar-refractivity contribution >= 4 is 17.2 Å². The molecule has 1 amide bonds. The summed E-state index contributed by atoms with van der Waals surface area (Å²) in [7, 11) is 5.37. The first-order valence-corrected chi connectivity index (χ1v) is 11.0. The van der Waals surface area contributed by atoms with Crippen molar-refractivity contribution in [1.82, 2.24) is 4.90 Å². The van der Waals surface area contributed by atoms with Gasteiger partial charge in [0.15, 0.2) is 18.0 Å². The Hall–Kier alpha value is -2.09. The van der Waals surface area contributed by atoms with E-state index in [9.17, 15) is 4.79 Å². The van der Waals surface area contributed by atoms with E-state index in [1.807, 2.05) is 28.4 Å². The Labute approximate surface area is 177 Å². The molecule has 158 valence electrons. The average Bonchev–Trinajstić information content (AvgIpc) is 3.22. The highest BCUT2D eigenvalue weighted by atomic mass is 32.1. The van der Waals surface area contributed by atoms with Gasteiger partial charge in [0.2, 0.25) is 0 Å². The zero-order chi connectivity index (χ0) is 20.8. The lowest BCUT2D eigenvalue weighted by molar-refractivity contribution is -0.917. The number of benzene rings is 1. The maximum atomic E-state index is 12.8. The molecular weight excluding hydrogens is 386 g/mol. The Balaban J connectivity index is 1.49. The number of carbonyl (C=O) groups excluding carboxylic acids is 1. The van der Waals surface area contributed by atoms with Crippen molar-refractivity contribution in [3.05, 3.63) is 45.6 Å². The topological polar surface area (TPSA) is 47.7 Å². The van der Waals surface area contributed by atoms with Gasteiger partial charge in [0.25, 0.3) is 5.91 Å². The van der Waals surface area contributed by atoms with Crippen LogP contribution in [-0.2, 0) is 17.9 Å². The number of piperazine rings is 1. The molecule has 29 heavy (non-hydrogen) atoms. The van der Waals surface area contributed by atoms with E-state index in [0.29, 0.717) is 6.54 Å². The van der Waals surface area contributed by atoms with Crippen molar-refractivity contribution in [3.8, 4) is 11.5 Å². The van der Waals surface area contributed by atoms with Crippen LogP contribution in [0.3, 0.4) is 0 Å². The lowest BCUT2D eigenvalue weighted by Gasteiger charge is -2.32. The number of rotatable bonds is 8. The molecule has 1 saturated heterocycles. The lowest BCUT2D eigenvalue weighted by atomic mass is 10.1. The zero-order valence-electron chi connectivity index (χ0n) is 17.9. The van der Waals surface area contributed by atoms with Gasteiger partial charge in [0.05, 0.1) is 52.3 Å². The van der Waals surface area contributed by atoms with E-state index in [0.717, 1.165) is 56.3 Å². The zero-order valence-corrected chi connectivity index (χ0v) is 18.7. The number of carbonyl (C=O) groups is 1. The minimum atomic E-state index is 0.246. The van der Waals surface area contributed by atoms with E-state index in [4.69, 9.17) is 9.47 Å². The van der Waals surface area contributed by atoms with Crippen LogP contribution in [0.2, 0.25) is 0 Å². The molecule has 1 aliphatic rings. The number of thiophene rings is 1. The molecule has 2 N–H and O–H groups in total. The van der Waals surface area contributed by atoms with Gasteiger partial charge < -0.3 is 24.2 Å². The maximum absolute atomic E-state index is 12.8. The van der Waals surface area contributed by atoms with Crippen molar-refractivity contribution in [3.63, 3.8) is 0 Å². The van der Waals surface area contributed by atoms with E-state index in [2.05, 4.69) is 31.5 Å². The molecule has 1 aliphatic heterocycles. The van der Waals surface area contributed by atoms with E-state index in [1.165, 1.54) is 15.3 Å². The lowest BCUT2D eigenvalue weighted by Crippen LogP contribution is -3.14. The second-order valence-electron chi connectivity index (χ2n) is 7.83. The molecule has 3 rings (SSSR count). The van der Waals surface area contributed by atoms with Gasteiger partial charge in [0.1, 0.15) is 13.1 Å². The summed E-state index contributed by atoms with van der Waals surface area (Å²) in [6.07, 6.45) is 0. The SMILES string of the molecule is COc1cc(C)c(C[NH+](C)CC(=O)N2CC[NH+](Cc3cccs3)CC2)cc1OC. The number of quaternary nitrogens is 2. The molecule has 0 aliphatic carbocycles. The van der Waals surface area contributed by atoms with Crippen LogP contribution >= 0.6 is 11.3 Å². The number of nitrogens with zero attached hydrogens (tertiary/aromatic N) is 1. The Morgan fingerprint density at radius 1 is 1.21 bits per heavy atom. The van der Waals surface area contributed by atoms with E-state index in [-0.39, 0.29) is 5.91 Å². The molecule has 1 unspecified atom stereocenters. The molecule has 0 spiro atoms. The average molecular weight is 420 g/mol. The number of nitrogens with one attached hydrogen (secondary N) is 2. The summed E-state index contributed by atoms with van der Waals surface area (Å²) in [4.78, 5) is 19.0. The Kier molecular flexibility index (Phi) is 7.52. The molecule has 6 nitrogen and oxygen atoms in total. The van der Waals surface area contributed by atoms with Crippen molar-refractivity contribution in [2.45, 2.75) is 20.0 Å². The monoisotopic (exact) mass is 419 g/mol. The molecule has 1 atom stereocenters. The van der Waals surface area contributed by atoms with E-state index in [1.54, 1.807) is 19.1 Å². The number of aryl methyl sites for hydroxylation is 1. The van der Waals surface area contributed by atoms with Crippen LogP contribution in [0, 0.1) is 6.92 Å². The number of hydrogen-bond acceptors (Lipinski definition) is 4. The van der Waals surface area contributed by atoms with Gasteiger partial charge in [-0.25, -0.2) is 0 Å². The van der Waals surface area contributed by atoms with Crippen molar-refractivity contribution < 1.29 is 24.1 Å². The molecule has 2 aromatic rings. The first kappa shape index (κ1) is 21.6. The second-order valence-corrected chi connectivity index (χ2v) is 8.86. The number of likely N-dealkylation sites (N-methyl/N-ethyl adjacent to an activating group) is 1. The standard InChI is InChI=1S/C22H31N3O3S/c1-17-12-20(27-3)21(28-4)13-18(17)14-23(2)16-22(26)25-9-7-24(8-10-25)15-19-6-5-11-29-19/h5-6,11-13H,7-10,14-16H2,1-4H3/p+2. The summed E-state index contributed by atoms with van der Waals surface area (Å²) < 4.78 is 10.8. The molecule has 7 heteroatoms. The largest absolute Gasteiger partial charge is 0.493 e. The molecule has 1 aromatic heterocycles. The minimum Gasteiger partial charge on any atom is -0.493 e. The van der Waals surface area contributed by atoms with Gasteiger partial charge in [-0.05, 0) is 36.1 Å². The van der Waals surface area contributed by atoms with E-state index >= 15 is 0 Å². The predicted octanol–water partition coefficient (Wildman–Crippen LogP) is 0.0157. The molecule has 0 radical (unpaired) electrons. The normalized spacial score (nSPS) is 15.9. The highest BCUT2D eigenvalue weighted by molar-refractivity contribution is 7.09. The number of methoxy groups -OCH3 is 2. The summed E-state index contributed by atoms with van der Waals surface area (Å²) in [5.41, 5.74) is 2.33. The van der Waals surface area contributed by atoms with Gasteiger partial charge >= 0.3 is 0 Å². The fraction of sp³-hybridized carbons (Fsp3) is 0.500. The fourth-order valence-electron chi connectivity index (χ4n) is 3.88. The predicted molar refractivity (Wildman–Crippen MR) is 115 cm³/mol. The number of amides is 1. The van der Waals surface area contributed by atoms with Crippen LogP contribution in [0.5, 0.6) is 11.5 Å². The van der Waals surface area contributed by atoms with Gasteiger partial charge in [-0.15, -0.1) is 11.3 Å². The third-order valence-corrected chi connectivity index (χ3v) is 6.49. The van der Waals surface area contributed by atoms with Gasteiger partial charge in [-0.1, -0.05) is 6.07 Å². The van der Waals surface area contributed by atoms with Crippen LogP contribution in [-0.4, -0.2) is 64.8 Å². The van der Waals surface area contributed by atoms with Crippen molar-refractivity contribution in [1.29, 1.82) is 0 Å². The van der Waals surface area contributed by atoms with Crippen LogP contribution in [0.4, 0.5) is 0 Å². The minimum absolute atomic E-state index is 0.246. The summed E-state index contributed by atoms with van der Waals surface area (Å²) >= 11 is 1.82. The third-order valence-electron chi connectivity index (χ3n) is 5.61. The van der Waals surface area contributed by atoms with Gasteiger partial charge in [0, 0.05) is 5.56 Å². The summed E-state index contributed by atoms with van der Waals surface area (Å²) in [6.45, 7) is 8.18. The Morgan fingerprint density at radius 2 is 1.90 bits per heavy atom. The smallest absolute Gasteiger partial charge is 0.278 e. The fourth-order valence-corrected chi connectivity index (χ4v) is 4.66. The van der Waals surface area contributed by atoms with Crippen molar-refractivity contribution in [2.24, 2.45) is 0 Å². The van der Waals surface area contributed by atoms with E-state index < -0.39 is 0 Å². The Morgan fingerprint density at radius 3 is 2.52 bits per heavy atom. The molecule has 1 aromatic carbocycles.